The highest BCUT2D eigenvalue weighted by atomic mass is 19.1. The highest BCUT2D eigenvalue weighted by Crippen LogP contribution is 1.78. The first kappa shape index (κ1) is 4.60. The Balaban J connectivity index is 2.62. The molecule has 0 bridgehead atoms. The Morgan fingerprint density at radius 1 is 1.20 bits per heavy atom. The quantitative estimate of drug-likeness (QED) is 0.446. The molecule has 0 spiro atoms. The van der Waals surface area contributed by atoms with Crippen molar-refractivity contribution in [3.05, 3.63) is 19.1 Å². The lowest BCUT2D eigenvalue weighted by Crippen LogP contribution is -1.40. The number of hydrogen-bond donors (Lipinski definition) is 0. The van der Waals surface area contributed by atoms with Gasteiger partial charge in [-0.1, -0.05) is 0 Å². The van der Waals surface area contributed by atoms with Gasteiger partial charge in [0.05, 0.1) is 6.33 Å². The van der Waals surface area contributed by atoms with Crippen molar-refractivity contribution >= 4 is 0 Å². The van der Waals surface area contributed by atoms with Crippen LogP contribution in [0.3, 0.4) is 0 Å². The van der Waals surface area contributed by atoms with E-state index in [-0.39, 0.29) is 13.0 Å². The smallest absolute Gasteiger partial charge is 0.155 e. The van der Waals surface area contributed by atoms with Crippen LogP contribution in [-0.2, 0) is 0 Å². The summed E-state index contributed by atoms with van der Waals surface area (Å²) in [4.78, 5) is 0. The van der Waals surface area contributed by atoms with E-state index in [9.17, 15) is 8.78 Å². The predicted octanol–water partition coefficient (Wildman–Crippen LogP) is 1.60. The highest BCUT2D eigenvalue weighted by Gasteiger charge is 1.60. The van der Waals surface area contributed by atoms with Crippen molar-refractivity contribution in [3.8, 4) is 0 Å². The lowest BCUT2D eigenvalue weighted by molar-refractivity contribution is 0.642. The Morgan fingerprint density at radius 2 is 1.80 bits per heavy atom. The van der Waals surface area contributed by atoms with Crippen LogP contribution in [0.2, 0.25) is 0 Å². The van der Waals surface area contributed by atoms with E-state index in [0.717, 1.165) is 0 Å². The van der Waals surface area contributed by atoms with Crippen LogP contribution in [-0.4, -0.2) is 0 Å². The standard InChI is InChI=1S/C3H3F2/c4-2-1-3-5/h1-3H/b2-1+. The molecule has 0 aromatic heterocycles. The van der Waals surface area contributed by atoms with E-state index in [2.05, 4.69) is 0 Å². The van der Waals surface area contributed by atoms with Crippen LogP contribution in [0.15, 0.2) is 12.4 Å². The molecule has 0 aliphatic heterocycles. The van der Waals surface area contributed by atoms with Gasteiger partial charge in [-0.3, -0.25) is 0 Å². The molecule has 2 heteroatoms. The lowest BCUT2D eigenvalue weighted by atomic mass is 10.7. The van der Waals surface area contributed by atoms with Gasteiger partial charge in [-0.2, -0.15) is 0 Å². The average molecular weight is 77.1 g/mol. The van der Waals surface area contributed by atoms with Crippen molar-refractivity contribution in [1.82, 2.24) is 0 Å². The Morgan fingerprint density at radius 3 is 1.80 bits per heavy atom. The largest absolute Gasteiger partial charge is 0.239 e. The normalized spacial score (nSPS) is 10.0. The molecule has 0 unspecified atom stereocenters. The molecule has 0 aliphatic carbocycles. The van der Waals surface area contributed by atoms with Gasteiger partial charge < -0.3 is 0 Å². The summed E-state index contributed by atoms with van der Waals surface area (Å²) in [7, 11) is 0. The molecule has 0 saturated heterocycles. The summed E-state index contributed by atoms with van der Waals surface area (Å²) in [5, 5.41) is 0. The summed E-state index contributed by atoms with van der Waals surface area (Å²) < 4.78 is 21.1. The topological polar surface area (TPSA) is 0 Å². The molecule has 0 aliphatic rings. The first-order chi connectivity index (χ1) is 2.41. The Labute approximate surface area is 29.1 Å². The van der Waals surface area contributed by atoms with Crippen molar-refractivity contribution in [2.24, 2.45) is 0 Å². The van der Waals surface area contributed by atoms with Gasteiger partial charge in [-0.15, -0.1) is 0 Å². The van der Waals surface area contributed by atoms with Gasteiger partial charge in [0, 0.05) is 0 Å². The zero-order valence-electron chi connectivity index (χ0n) is 2.49. The number of allylic oxidation sites excluding steroid dienone is 1. The molecule has 0 aromatic rings. The van der Waals surface area contributed by atoms with Gasteiger partial charge in [0.15, 0.2) is 6.67 Å². The number of hydrogen-bond acceptors (Lipinski definition) is 0. The fraction of sp³-hybridized carbons (Fsp3) is 0. The van der Waals surface area contributed by atoms with Crippen LogP contribution in [0, 0.1) is 6.67 Å². The molecular formula is C3H3F2. The van der Waals surface area contributed by atoms with Crippen molar-refractivity contribution < 1.29 is 8.78 Å². The van der Waals surface area contributed by atoms with E-state index in [4.69, 9.17) is 0 Å². The lowest BCUT2D eigenvalue weighted by Gasteiger charge is -1.58. The van der Waals surface area contributed by atoms with Crippen LogP contribution in [0.4, 0.5) is 8.78 Å². The second-order valence-electron chi connectivity index (χ2n) is 0.444. The van der Waals surface area contributed by atoms with E-state index in [0.29, 0.717) is 6.08 Å². The predicted molar refractivity (Wildman–Crippen MR) is 15.7 cm³/mol. The molecule has 1 radical (unpaired) electrons. The molecule has 0 saturated carbocycles. The Hall–Kier alpha value is -0.400. The third-order valence-electron chi connectivity index (χ3n) is 0.145. The Kier molecular flexibility index (Phi) is 3.31. The summed E-state index contributed by atoms with van der Waals surface area (Å²) >= 11 is 0. The van der Waals surface area contributed by atoms with Crippen LogP contribution in [0.1, 0.15) is 0 Å². The zero-order chi connectivity index (χ0) is 4.12. The van der Waals surface area contributed by atoms with E-state index in [1.807, 2.05) is 0 Å². The van der Waals surface area contributed by atoms with Gasteiger partial charge in [0.2, 0.25) is 0 Å². The number of rotatable bonds is 1. The van der Waals surface area contributed by atoms with Gasteiger partial charge in [0.25, 0.3) is 0 Å². The second kappa shape index (κ2) is 3.60. The van der Waals surface area contributed by atoms with Gasteiger partial charge in [-0.25, -0.2) is 8.78 Å². The molecular weight excluding hydrogens is 74.0 g/mol. The van der Waals surface area contributed by atoms with E-state index < -0.39 is 0 Å². The monoisotopic (exact) mass is 77.0 g/mol. The molecule has 0 atom stereocenters. The molecule has 0 N–H and O–H groups in total. The van der Waals surface area contributed by atoms with Crippen molar-refractivity contribution in [1.29, 1.82) is 0 Å². The summed E-state index contributed by atoms with van der Waals surface area (Å²) in [5.41, 5.74) is 0. The maximum atomic E-state index is 10.5. The van der Waals surface area contributed by atoms with Crippen LogP contribution >= 0.6 is 0 Å². The first-order valence-corrected chi connectivity index (χ1v) is 1.10. The second-order valence-corrected chi connectivity index (χ2v) is 0.444. The van der Waals surface area contributed by atoms with E-state index in [1.54, 1.807) is 0 Å². The molecule has 0 nitrogen and oxygen atoms in total. The highest BCUT2D eigenvalue weighted by molar-refractivity contribution is 4.79. The van der Waals surface area contributed by atoms with Gasteiger partial charge >= 0.3 is 0 Å². The first-order valence-electron chi connectivity index (χ1n) is 1.10. The van der Waals surface area contributed by atoms with Crippen molar-refractivity contribution in [2.75, 3.05) is 0 Å². The zero-order valence-corrected chi connectivity index (χ0v) is 2.49. The summed E-state index contributed by atoms with van der Waals surface area (Å²) in [6.45, 7) is 0.125. The average Bonchev–Trinajstić information content (AvgIpc) is 1.41. The Bertz CT molecular complexity index is 31.9. The van der Waals surface area contributed by atoms with Crippen LogP contribution in [0.25, 0.3) is 0 Å². The molecule has 0 amide bonds. The van der Waals surface area contributed by atoms with Crippen molar-refractivity contribution in [3.63, 3.8) is 0 Å². The van der Waals surface area contributed by atoms with Crippen LogP contribution in [0.5, 0.6) is 0 Å². The maximum Gasteiger partial charge on any atom is 0.155 e. The molecule has 0 rings (SSSR count). The number of halogens is 2. The molecule has 0 fully saturated rings. The third kappa shape index (κ3) is 3.60. The van der Waals surface area contributed by atoms with E-state index >= 15 is 0 Å². The summed E-state index contributed by atoms with van der Waals surface area (Å²) in [5.74, 6) is 0. The van der Waals surface area contributed by atoms with Crippen molar-refractivity contribution in [2.45, 2.75) is 0 Å². The van der Waals surface area contributed by atoms with Gasteiger partial charge in [0.1, 0.15) is 0 Å². The molecule has 5 heavy (non-hydrogen) atoms. The molecule has 0 heterocycles. The SMILES string of the molecule is F[CH]/C=C/F. The molecule has 29 valence electrons. The fourth-order valence-electron chi connectivity index (χ4n) is 0.0275. The van der Waals surface area contributed by atoms with Crippen LogP contribution < -0.4 is 0 Å². The van der Waals surface area contributed by atoms with Gasteiger partial charge in [-0.05, 0) is 6.08 Å². The fourth-order valence-corrected chi connectivity index (χ4v) is 0.0275. The summed E-state index contributed by atoms with van der Waals surface area (Å²) in [6, 6.07) is 0. The third-order valence-corrected chi connectivity index (χ3v) is 0.145. The minimum absolute atomic E-state index is 0.125. The summed E-state index contributed by atoms with van der Waals surface area (Å²) in [6.07, 6.45) is 0.792. The van der Waals surface area contributed by atoms with E-state index in [1.165, 1.54) is 0 Å². The maximum absolute atomic E-state index is 10.5. The minimum atomic E-state index is 0.125. The molecule has 0 aromatic carbocycles. The minimum Gasteiger partial charge on any atom is -0.239 e.